The number of aliphatic hydroxyl groups excluding tert-OH is 2. The Morgan fingerprint density at radius 3 is 2.26 bits per heavy atom. The van der Waals surface area contributed by atoms with Crippen LogP contribution in [0.2, 0.25) is 0 Å². The SMILES string of the molecule is CC[C@@H]1CC[C@@H]2C[C@H](OC)C(C)=CC=C/C=C\[C@@H](C)C[C@@H](C)C(=O)[C@H](OC)[C@H](O)/C(C)=C\[C@@H](C)C(=O)C[C@H](C(C)CC3CC[C@@H](O)[C@H](OC)C3)OC(=O)[C@@H]3CCCCN3C(=O)C(=O)[C@]1(O)O2. The number of amides is 1. The molecule has 66 heavy (non-hydrogen) atoms. The zero-order valence-corrected chi connectivity index (χ0v) is 41.3. The van der Waals surface area contributed by atoms with Crippen LogP contribution in [-0.2, 0) is 47.7 Å². The second-order valence-electron chi connectivity index (χ2n) is 19.8. The molecule has 14 heteroatoms. The number of esters is 1. The molecular weight excluding hydrogens is 847 g/mol. The highest BCUT2D eigenvalue weighted by Crippen LogP contribution is 2.39. The van der Waals surface area contributed by atoms with Crippen LogP contribution in [-0.4, -0.2) is 132 Å². The van der Waals surface area contributed by atoms with Gasteiger partial charge in [-0.1, -0.05) is 71.1 Å². The number of carbonyl (C=O) groups is 5. The van der Waals surface area contributed by atoms with E-state index < -0.39 is 83.9 Å². The van der Waals surface area contributed by atoms with Gasteiger partial charge in [-0.25, -0.2) is 4.79 Å². The molecule has 0 aromatic rings. The van der Waals surface area contributed by atoms with Crippen molar-refractivity contribution in [2.24, 2.45) is 35.5 Å². The predicted octanol–water partition coefficient (Wildman–Crippen LogP) is 6.57. The molecule has 3 aliphatic heterocycles. The van der Waals surface area contributed by atoms with E-state index in [2.05, 4.69) is 0 Å². The van der Waals surface area contributed by atoms with Gasteiger partial charge >= 0.3 is 5.97 Å². The summed E-state index contributed by atoms with van der Waals surface area (Å²) in [5.41, 5.74) is 1.27. The molecule has 1 aliphatic carbocycles. The second-order valence-corrected chi connectivity index (χ2v) is 19.8. The van der Waals surface area contributed by atoms with E-state index in [1.54, 1.807) is 34.1 Å². The van der Waals surface area contributed by atoms with Crippen molar-refractivity contribution < 1.29 is 63.0 Å². The van der Waals surface area contributed by atoms with E-state index >= 15 is 0 Å². The Kier molecular flexibility index (Phi) is 21.6. The number of carbonyl (C=O) groups excluding carboxylic acids is 5. The first-order chi connectivity index (χ1) is 31.3. The number of cyclic esters (lactones) is 1. The van der Waals surface area contributed by atoms with Crippen molar-refractivity contribution in [1.29, 1.82) is 0 Å². The molecule has 3 heterocycles. The number of methoxy groups -OCH3 is 3. The molecule has 0 aromatic heterocycles. The van der Waals surface area contributed by atoms with Gasteiger partial charge in [-0.3, -0.25) is 19.2 Å². The van der Waals surface area contributed by atoms with Crippen molar-refractivity contribution in [1.82, 2.24) is 4.90 Å². The summed E-state index contributed by atoms with van der Waals surface area (Å²) in [6.07, 6.45) is 11.6. The molecule has 1 amide bonds. The summed E-state index contributed by atoms with van der Waals surface area (Å²) < 4.78 is 29.5. The van der Waals surface area contributed by atoms with Crippen LogP contribution in [0.5, 0.6) is 0 Å². The summed E-state index contributed by atoms with van der Waals surface area (Å²) in [6.45, 7) is 12.9. The summed E-state index contributed by atoms with van der Waals surface area (Å²) in [5, 5.41) is 34.1. The van der Waals surface area contributed by atoms with Crippen molar-refractivity contribution >= 4 is 29.2 Å². The third-order valence-electron chi connectivity index (χ3n) is 14.8. The van der Waals surface area contributed by atoms with Gasteiger partial charge in [-0.15, -0.1) is 0 Å². The van der Waals surface area contributed by atoms with Crippen LogP contribution >= 0.6 is 0 Å². The fourth-order valence-electron chi connectivity index (χ4n) is 10.5. The van der Waals surface area contributed by atoms with E-state index in [0.717, 1.165) is 12.0 Å². The molecule has 4 aliphatic rings. The van der Waals surface area contributed by atoms with Crippen molar-refractivity contribution in [3.63, 3.8) is 0 Å². The quantitative estimate of drug-likeness (QED) is 0.141. The van der Waals surface area contributed by atoms with Crippen LogP contribution < -0.4 is 0 Å². The highest BCUT2D eigenvalue weighted by molar-refractivity contribution is 6.39. The summed E-state index contributed by atoms with van der Waals surface area (Å²) in [4.78, 5) is 72.2. The van der Waals surface area contributed by atoms with Gasteiger partial charge in [-0.05, 0) is 113 Å². The highest BCUT2D eigenvalue weighted by atomic mass is 16.6. The highest BCUT2D eigenvalue weighted by Gasteiger charge is 2.54. The molecule has 14 nitrogen and oxygen atoms in total. The number of aliphatic hydroxyl groups is 3. The molecule has 3 fully saturated rings. The Balaban J connectivity index is 1.72. The number of allylic oxidation sites excluding steroid dienone is 6. The largest absolute Gasteiger partial charge is 0.460 e. The van der Waals surface area contributed by atoms with Crippen LogP contribution in [0.15, 0.2) is 47.6 Å². The number of hydrogen-bond donors (Lipinski definition) is 3. The van der Waals surface area contributed by atoms with Crippen LogP contribution in [0.4, 0.5) is 0 Å². The monoisotopic (exact) mass is 928 g/mol. The molecular formula is C52H81NO13. The Labute approximate surface area is 393 Å². The van der Waals surface area contributed by atoms with Gasteiger partial charge in [0.05, 0.1) is 24.4 Å². The predicted molar refractivity (Wildman–Crippen MR) is 250 cm³/mol. The van der Waals surface area contributed by atoms with E-state index in [1.165, 1.54) is 12.0 Å². The minimum Gasteiger partial charge on any atom is -0.460 e. The van der Waals surface area contributed by atoms with Crippen molar-refractivity contribution in [2.45, 2.75) is 186 Å². The lowest BCUT2D eigenvalue weighted by Crippen LogP contribution is -2.61. The third kappa shape index (κ3) is 14.3. The first-order valence-electron chi connectivity index (χ1n) is 24.5. The average molecular weight is 928 g/mol. The molecule has 2 bridgehead atoms. The number of fused-ring (bicyclic) bond motifs is 3. The van der Waals surface area contributed by atoms with E-state index in [4.69, 9.17) is 23.7 Å². The maximum Gasteiger partial charge on any atom is 0.329 e. The first kappa shape index (κ1) is 55.2. The zero-order chi connectivity index (χ0) is 48.9. The smallest absolute Gasteiger partial charge is 0.329 e. The molecule has 372 valence electrons. The molecule has 15 atom stereocenters. The fourth-order valence-corrected chi connectivity index (χ4v) is 10.5. The number of Topliss-reactive ketones (excluding diaryl/α,β-unsaturated/α-hetero) is 3. The van der Waals surface area contributed by atoms with Gasteiger partial charge in [0.1, 0.15) is 30.1 Å². The number of nitrogens with zero attached hydrogens (tertiary/aromatic N) is 1. The Bertz CT molecular complexity index is 1770. The summed E-state index contributed by atoms with van der Waals surface area (Å²) >= 11 is 0. The van der Waals surface area contributed by atoms with Gasteiger partial charge in [0.15, 0.2) is 5.78 Å². The fraction of sp³-hybridized carbons (Fsp3) is 0.750. The number of hydrogen-bond acceptors (Lipinski definition) is 13. The summed E-state index contributed by atoms with van der Waals surface area (Å²) in [5.74, 6) is -7.87. The molecule has 4 rings (SSSR count). The van der Waals surface area contributed by atoms with E-state index in [-0.39, 0.29) is 54.8 Å². The number of rotatable bonds is 7. The van der Waals surface area contributed by atoms with E-state index in [1.807, 2.05) is 65.0 Å². The standard InChI is InChI=1S/C52H81NO13/c1-11-38-21-22-39-29-43(62-8)32(3)18-14-12-13-17-31(2)25-35(6)46(56)48(64-10)47(57)36(7)26-33(4)42(55)30-44(34(5)27-37-20-23-41(54)45(28-37)63-9)65-51(60)40-19-15-16-24-53(40)50(59)49(58)52(38,61)66-39/h12-14,17-18,26,31,33-35,37-41,43-45,47-48,54,57,61H,11,15-16,19-25,27-30H2,1-10H3/b14-12?,17-13-,32-18?,36-26-/t31-,33-,34?,35-,37?,38-,39-,40+,41-,43+,44-,45-,47-,48+,52-/m1/s1. The molecule has 2 saturated heterocycles. The van der Waals surface area contributed by atoms with Crippen LogP contribution in [0.3, 0.4) is 0 Å². The summed E-state index contributed by atoms with van der Waals surface area (Å²) in [7, 11) is 4.53. The lowest BCUT2D eigenvalue weighted by Gasteiger charge is -2.43. The molecule has 0 aromatic carbocycles. The molecule has 1 saturated carbocycles. The normalized spacial score (nSPS) is 38.7. The Morgan fingerprint density at radius 2 is 1.59 bits per heavy atom. The molecule has 2 unspecified atom stereocenters. The lowest BCUT2D eigenvalue weighted by molar-refractivity contribution is -0.269. The van der Waals surface area contributed by atoms with Gasteiger partial charge in [0.2, 0.25) is 5.79 Å². The Hall–Kier alpha value is -3.37. The minimum atomic E-state index is -2.42. The van der Waals surface area contributed by atoms with Gasteiger partial charge in [0.25, 0.3) is 11.7 Å². The summed E-state index contributed by atoms with van der Waals surface area (Å²) in [6, 6.07) is -1.14. The van der Waals surface area contributed by atoms with Gasteiger partial charge in [-0.2, -0.15) is 0 Å². The van der Waals surface area contributed by atoms with Crippen molar-refractivity contribution in [3.8, 4) is 0 Å². The van der Waals surface area contributed by atoms with Crippen LogP contribution in [0, 0.1) is 35.5 Å². The van der Waals surface area contributed by atoms with E-state index in [0.29, 0.717) is 69.8 Å². The van der Waals surface area contributed by atoms with Crippen LogP contribution in [0.1, 0.15) is 132 Å². The molecule has 0 spiro atoms. The lowest BCUT2D eigenvalue weighted by atomic mass is 9.78. The average Bonchev–Trinajstić information content (AvgIpc) is 3.29. The second kappa shape index (κ2) is 25.8. The topological polar surface area (TPSA) is 195 Å². The van der Waals surface area contributed by atoms with Crippen LogP contribution in [0.25, 0.3) is 0 Å². The van der Waals surface area contributed by atoms with E-state index in [9.17, 15) is 39.3 Å². The van der Waals surface area contributed by atoms with Gasteiger partial charge < -0.3 is 43.9 Å². The van der Waals surface area contributed by atoms with Gasteiger partial charge in [0, 0.05) is 58.5 Å². The number of ether oxygens (including phenoxy) is 5. The number of piperidine rings is 1. The zero-order valence-electron chi connectivity index (χ0n) is 41.3. The molecule has 0 radical (unpaired) electrons. The number of ketones is 3. The maximum atomic E-state index is 14.4. The van der Waals surface area contributed by atoms with Crippen molar-refractivity contribution in [2.75, 3.05) is 27.9 Å². The third-order valence-corrected chi connectivity index (χ3v) is 14.8. The first-order valence-corrected chi connectivity index (χ1v) is 24.5. The minimum absolute atomic E-state index is 0.0189. The Morgan fingerprint density at radius 1 is 0.864 bits per heavy atom. The maximum absolute atomic E-state index is 14.4. The molecule has 3 N–H and O–H groups in total. The van der Waals surface area contributed by atoms with Crippen molar-refractivity contribution in [3.05, 3.63) is 47.6 Å².